The molecule has 0 aliphatic carbocycles. The first-order valence-electron chi connectivity index (χ1n) is 8.65. The van der Waals surface area contributed by atoms with Crippen LogP contribution in [0.15, 0.2) is 42.5 Å². The molecule has 0 amide bonds. The fourth-order valence-corrected chi connectivity index (χ4v) is 2.85. The van der Waals surface area contributed by atoms with Crippen molar-refractivity contribution in [1.82, 2.24) is 0 Å². The number of benzene rings is 2. The number of aromatic hydroxyl groups is 2. The molecule has 1 aliphatic rings. The number of aliphatic carboxylic acids is 1. The van der Waals surface area contributed by atoms with Crippen molar-refractivity contribution in [3.8, 4) is 17.2 Å². The van der Waals surface area contributed by atoms with Gasteiger partial charge in [0.05, 0.1) is 0 Å². The minimum Gasteiger partial charge on any atom is -0.508 e. The molecule has 5 atom stereocenters. The summed E-state index contributed by atoms with van der Waals surface area (Å²) in [5.74, 6) is -1.37. The number of hydrogen-bond acceptors (Lipinski definition) is 8. The van der Waals surface area contributed by atoms with Gasteiger partial charge in [0.2, 0.25) is 6.29 Å². The summed E-state index contributed by atoms with van der Waals surface area (Å²) in [6, 6.07) is 10.6. The molecule has 2 aromatic carbocycles. The van der Waals surface area contributed by atoms with E-state index in [0.29, 0.717) is 5.56 Å². The van der Waals surface area contributed by atoms with E-state index in [2.05, 4.69) is 0 Å². The Morgan fingerprint density at radius 1 is 0.862 bits per heavy atom. The fourth-order valence-electron chi connectivity index (χ4n) is 2.85. The van der Waals surface area contributed by atoms with Gasteiger partial charge in [0.15, 0.2) is 6.10 Å². The van der Waals surface area contributed by atoms with Crippen molar-refractivity contribution in [3.05, 3.63) is 53.6 Å². The maximum atomic E-state index is 11.1. The van der Waals surface area contributed by atoms with Gasteiger partial charge in [-0.2, -0.15) is 0 Å². The Morgan fingerprint density at radius 3 is 2.03 bits per heavy atom. The molecular formula is C20H20O9. The Kier molecular flexibility index (Phi) is 6.04. The third kappa shape index (κ3) is 4.84. The van der Waals surface area contributed by atoms with Gasteiger partial charge in [-0.15, -0.1) is 0 Å². The zero-order valence-electron chi connectivity index (χ0n) is 15.0. The summed E-state index contributed by atoms with van der Waals surface area (Å²) in [6.45, 7) is 0. The van der Waals surface area contributed by atoms with E-state index in [1.54, 1.807) is 36.4 Å². The van der Waals surface area contributed by atoms with Crippen molar-refractivity contribution in [3.63, 3.8) is 0 Å². The van der Waals surface area contributed by atoms with Gasteiger partial charge in [-0.25, -0.2) is 4.79 Å². The standard InChI is InChI=1S/C20H20O9/c21-12-7-11(8-13(22)9-12)2-1-10-3-5-14(6-4-10)28-20-17(25)15(23)16(24)18(29-20)19(26)27/h1-9,15-18,20-25H,(H,26,27)/b2-1+/t15-,16-,17+,18-,20?/m0/s1. The molecule has 1 saturated heterocycles. The molecule has 2 aromatic rings. The highest BCUT2D eigenvalue weighted by Crippen LogP contribution is 2.26. The van der Waals surface area contributed by atoms with Crippen molar-refractivity contribution in [2.24, 2.45) is 0 Å². The highest BCUT2D eigenvalue weighted by atomic mass is 16.7. The summed E-state index contributed by atoms with van der Waals surface area (Å²) < 4.78 is 10.5. The highest BCUT2D eigenvalue weighted by molar-refractivity contribution is 5.73. The molecule has 1 unspecified atom stereocenters. The molecule has 0 spiro atoms. The Morgan fingerprint density at radius 2 is 1.45 bits per heavy atom. The van der Waals surface area contributed by atoms with Gasteiger partial charge in [0.25, 0.3) is 0 Å². The number of phenols is 2. The second-order valence-corrected chi connectivity index (χ2v) is 6.54. The Hall–Kier alpha value is -3.11. The van der Waals surface area contributed by atoms with Gasteiger partial charge in [-0.05, 0) is 35.4 Å². The molecular weight excluding hydrogens is 384 g/mol. The number of hydrogen-bond donors (Lipinski definition) is 6. The zero-order chi connectivity index (χ0) is 21.1. The van der Waals surface area contributed by atoms with E-state index in [4.69, 9.17) is 14.6 Å². The molecule has 9 nitrogen and oxygen atoms in total. The van der Waals surface area contributed by atoms with E-state index in [1.807, 2.05) is 0 Å². The molecule has 0 radical (unpaired) electrons. The van der Waals surface area contributed by atoms with E-state index in [0.717, 1.165) is 5.56 Å². The van der Waals surface area contributed by atoms with Crippen molar-refractivity contribution >= 4 is 18.1 Å². The van der Waals surface area contributed by atoms with Crippen molar-refractivity contribution in [2.75, 3.05) is 0 Å². The lowest BCUT2D eigenvalue weighted by Crippen LogP contribution is -2.61. The molecule has 6 N–H and O–H groups in total. The van der Waals surface area contributed by atoms with Crippen LogP contribution in [0, 0.1) is 0 Å². The van der Waals surface area contributed by atoms with Crippen LogP contribution < -0.4 is 4.74 Å². The minimum absolute atomic E-state index is 0.0635. The first kappa shape index (κ1) is 20.6. The summed E-state index contributed by atoms with van der Waals surface area (Å²) in [6.07, 6.45) is -4.98. The average molecular weight is 404 g/mol. The molecule has 29 heavy (non-hydrogen) atoms. The second-order valence-electron chi connectivity index (χ2n) is 6.54. The van der Waals surface area contributed by atoms with E-state index in [-0.39, 0.29) is 17.2 Å². The summed E-state index contributed by atoms with van der Waals surface area (Å²) in [4.78, 5) is 11.1. The predicted octanol–water partition coefficient (Wildman–Crippen LogP) is 0.539. The molecule has 1 heterocycles. The van der Waals surface area contributed by atoms with Gasteiger partial charge < -0.3 is 40.1 Å². The van der Waals surface area contributed by atoms with Crippen LogP contribution in [0.2, 0.25) is 0 Å². The van der Waals surface area contributed by atoms with Crippen molar-refractivity contribution in [2.45, 2.75) is 30.7 Å². The predicted molar refractivity (Wildman–Crippen MR) is 100 cm³/mol. The van der Waals surface area contributed by atoms with E-state index in [1.165, 1.54) is 18.2 Å². The van der Waals surface area contributed by atoms with E-state index in [9.17, 15) is 30.3 Å². The lowest BCUT2D eigenvalue weighted by molar-refractivity contribution is -0.271. The van der Waals surface area contributed by atoms with Crippen LogP contribution in [0.25, 0.3) is 12.2 Å². The monoisotopic (exact) mass is 404 g/mol. The Bertz CT molecular complexity index is 873. The van der Waals surface area contributed by atoms with Crippen molar-refractivity contribution in [1.29, 1.82) is 0 Å². The number of rotatable bonds is 5. The fraction of sp³-hybridized carbons (Fsp3) is 0.250. The quantitative estimate of drug-likeness (QED) is 0.391. The van der Waals surface area contributed by atoms with Gasteiger partial charge in [-0.1, -0.05) is 24.3 Å². The molecule has 1 fully saturated rings. The van der Waals surface area contributed by atoms with Crippen LogP contribution in [-0.2, 0) is 9.53 Å². The number of aliphatic hydroxyl groups is 3. The Balaban J connectivity index is 1.68. The molecule has 154 valence electrons. The highest BCUT2D eigenvalue weighted by Gasteiger charge is 2.48. The number of ether oxygens (including phenoxy) is 2. The van der Waals surface area contributed by atoms with Crippen LogP contribution in [0.3, 0.4) is 0 Å². The average Bonchev–Trinajstić information content (AvgIpc) is 2.67. The third-order valence-corrected chi connectivity index (χ3v) is 4.34. The molecule has 0 aromatic heterocycles. The zero-order valence-corrected chi connectivity index (χ0v) is 15.0. The van der Waals surface area contributed by atoms with Gasteiger partial charge >= 0.3 is 5.97 Å². The Labute approximate surface area is 165 Å². The van der Waals surface area contributed by atoms with E-state index < -0.39 is 36.7 Å². The number of phenolic OH excluding ortho intramolecular Hbond substituents is 2. The van der Waals surface area contributed by atoms with Gasteiger partial charge in [-0.3, -0.25) is 0 Å². The lowest BCUT2D eigenvalue weighted by Gasteiger charge is -2.38. The third-order valence-electron chi connectivity index (χ3n) is 4.34. The smallest absolute Gasteiger partial charge is 0.335 e. The molecule has 9 heteroatoms. The van der Waals surface area contributed by atoms with Crippen LogP contribution in [0.4, 0.5) is 0 Å². The first-order chi connectivity index (χ1) is 13.7. The number of carboxylic acid groups (broad SMARTS) is 1. The van der Waals surface area contributed by atoms with E-state index >= 15 is 0 Å². The van der Waals surface area contributed by atoms with Crippen LogP contribution in [0.1, 0.15) is 11.1 Å². The number of carboxylic acids is 1. The lowest BCUT2D eigenvalue weighted by atomic mass is 9.99. The number of aliphatic hydroxyl groups excluding tert-OH is 3. The maximum absolute atomic E-state index is 11.1. The maximum Gasteiger partial charge on any atom is 0.335 e. The van der Waals surface area contributed by atoms with Gasteiger partial charge in [0.1, 0.15) is 35.6 Å². The number of carbonyl (C=O) groups is 1. The summed E-state index contributed by atoms with van der Waals surface area (Å²) in [5, 5.41) is 57.5. The minimum atomic E-state index is -1.79. The van der Waals surface area contributed by atoms with Gasteiger partial charge in [0, 0.05) is 6.07 Å². The molecule has 3 rings (SSSR count). The second kappa shape index (κ2) is 8.50. The van der Waals surface area contributed by atoms with Crippen LogP contribution >= 0.6 is 0 Å². The van der Waals surface area contributed by atoms with Crippen LogP contribution in [-0.4, -0.2) is 67.3 Å². The van der Waals surface area contributed by atoms with Crippen molar-refractivity contribution < 1.29 is 44.9 Å². The topological polar surface area (TPSA) is 157 Å². The molecule has 0 bridgehead atoms. The summed E-state index contributed by atoms with van der Waals surface area (Å²) >= 11 is 0. The molecule has 1 aliphatic heterocycles. The SMILES string of the molecule is O=C(O)[C@H]1OC(Oc2ccc(/C=C/c3cc(O)cc(O)c3)cc2)[C@H](O)[C@@H](O)[C@@H]1O. The first-order valence-corrected chi connectivity index (χ1v) is 8.65. The normalized spacial score (nSPS) is 27.1. The largest absolute Gasteiger partial charge is 0.508 e. The molecule has 0 saturated carbocycles. The van der Waals surface area contributed by atoms with Crippen LogP contribution in [0.5, 0.6) is 17.2 Å². The summed E-state index contributed by atoms with van der Waals surface area (Å²) in [5.41, 5.74) is 1.35. The summed E-state index contributed by atoms with van der Waals surface area (Å²) in [7, 11) is 0.